The molecular formula is C12H16N6O. The van der Waals surface area contributed by atoms with E-state index >= 15 is 0 Å². The van der Waals surface area contributed by atoms with Crippen LogP contribution in [0.4, 0.5) is 11.5 Å². The minimum atomic E-state index is -0.224. The Morgan fingerprint density at radius 3 is 2.89 bits per heavy atom. The summed E-state index contributed by atoms with van der Waals surface area (Å²) >= 11 is 0. The number of aromatic nitrogens is 3. The molecule has 4 N–H and O–H groups in total. The Labute approximate surface area is 110 Å². The number of aryl methyl sites for hydroxylation is 2. The van der Waals surface area contributed by atoms with Gasteiger partial charge >= 0.3 is 0 Å². The second-order valence-corrected chi connectivity index (χ2v) is 4.07. The molecule has 2 aromatic rings. The van der Waals surface area contributed by atoms with Crippen molar-refractivity contribution in [1.82, 2.24) is 14.8 Å². The molecule has 0 saturated carbocycles. The number of nitrogen functional groups attached to an aromatic ring is 1. The van der Waals surface area contributed by atoms with Crippen molar-refractivity contribution in [3.05, 3.63) is 35.8 Å². The minimum Gasteiger partial charge on any atom is -0.319 e. The average Bonchev–Trinajstić information content (AvgIpc) is 2.85. The zero-order valence-corrected chi connectivity index (χ0v) is 10.8. The van der Waals surface area contributed by atoms with Crippen LogP contribution < -0.4 is 16.6 Å². The quantitative estimate of drug-likeness (QED) is 0.565. The SMILES string of the molecule is CCn1cc(NC(=O)c2cc(C)nc(NN)c2)cn1. The number of rotatable bonds is 4. The van der Waals surface area contributed by atoms with Crippen LogP contribution in [0.3, 0.4) is 0 Å². The number of hydrogen-bond acceptors (Lipinski definition) is 5. The lowest BCUT2D eigenvalue weighted by Gasteiger charge is -2.06. The second kappa shape index (κ2) is 5.49. The van der Waals surface area contributed by atoms with Crippen LogP contribution in [0.15, 0.2) is 24.5 Å². The monoisotopic (exact) mass is 260 g/mol. The van der Waals surface area contributed by atoms with E-state index in [4.69, 9.17) is 5.84 Å². The van der Waals surface area contributed by atoms with E-state index in [2.05, 4.69) is 20.8 Å². The second-order valence-electron chi connectivity index (χ2n) is 4.07. The Morgan fingerprint density at radius 2 is 2.26 bits per heavy atom. The van der Waals surface area contributed by atoms with Gasteiger partial charge in [-0.2, -0.15) is 5.10 Å². The third-order valence-electron chi connectivity index (χ3n) is 2.58. The predicted molar refractivity (Wildman–Crippen MR) is 72.6 cm³/mol. The number of carbonyl (C=O) groups is 1. The number of hydrogen-bond donors (Lipinski definition) is 3. The molecule has 0 saturated heterocycles. The van der Waals surface area contributed by atoms with Gasteiger partial charge in [-0.25, -0.2) is 10.8 Å². The lowest BCUT2D eigenvalue weighted by atomic mass is 10.2. The summed E-state index contributed by atoms with van der Waals surface area (Å²) in [7, 11) is 0. The first-order valence-electron chi connectivity index (χ1n) is 5.91. The molecule has 19 heavy (non-hydrogen) atoms. The number of nitrogens with one attached hydrogen (secondary N) is 2. The normalized spacial score (nSPS) is 10.3. The lowest BCUT2D eigenvalue weighted by molar-refractivity contribution is 0.102. The van der Waals surface area contributed by atoms with Gasteiger partial charge < -0.3 is 10.7 Å². The Bertz CT molecular complexity index is 592. The molecule has 2 rings (SSSR count). The Balaban J connectivity index is 2.17. The van der Waals surface area contributed by atoms with Crippen LogP contribution in [0, 0.1) is 6.92 Å². The Hall–Kier alpha value is -2.41. The summed E-state index contributed by atoms with van der Waals surface area (Å²) in [5.74, 6) is 5.53. The summed E-state index contributed by atoms with van der Waals surface area (Å²) in [5.41, 5.74) is 4.29. The van der Waals surface area contributed by atoms with Gasteiger partial charge in [0.2, 0.25) is 0 Å². The first-order valence-corrected chi connectivity index (χ1v) is 5.91. The zero-order chi connectivity index (χ0) is 13.8. The van der Waals surface area contributed by atoms with E-state index in [-0.39, 0.29) is 5.91 Å². The van der Waals surface area contributed by atoms with Crippen molar-refractivity contribution < 1.29 is 4.79 Å². The number of carbonyl (C=O) groups excluding carboxylic acids is 1. The molecule has 0 radical (unpaired) electrons. The zero-order valence-electron chi connectivity index (χ0n) is 10.8. The summed E-state index contributed by atoms with van der Waals surface area (Å²) in [5, 5.41) is 6.86. The highest BCUT2D eigenvalue weighted by Crippen LogP contribution is 2.12. The molecule has 0 spiro atoms. The molecule has 7 nitrogen and oxygen atoms in total. The van der Waals surface area contributed by atoms with E-state index in [1.54, 1.807) is 36.1 Å². The summed E-state index contributed by atoms with van der Waals surface area (Å²) < 4.78 is 1.74. The fraction of sp³-hybridized carbons (Fsp3) is 0.250. The molecule has 0 aromatic carbocycles. The molecule has 2 aromatic heterocycles. The van der Waals surface area contributed by atoms with E-state index in [0.717, 1.165) is 6.54 Å². The van der Waals surface area contributed by atoms with Gasteiger partial charge in [0, 0.05) is 24.0 Å². The van der Waals surface area contributed by atoms with Crippen LogP contribution in [0.25, 0.3) is 0 Å². The van der Waals surface area contributed by atoms with Gasteiger partial charge in [0.15, 0.2) is 0 Å². The van der Waals surface area contributed by atoms with E-state index in [0.29, 0.717) is 22.8 Å². The number of anilines is 2. The molecule has 0 unspecified atom stereocenters. The van der Waals surface area contributed by atoms with Crippen LogP contribution in [0.2, 0.25) is 0 Å². The van der Waals surface area contributed by atoms with Crippen molar-refractivity contribution in [2.24, 2.45) is 5.84 Å². The maximum Gasteiger partial charge on any atom is 0.255 e. The van der Waals surface area contributed by atoms with E-state index in [1.165, 1.54) is 0 Å². The van der Waals surface area contributed by atoms with Crippen molar-refractivity contribution in [3.8, 4) is 0 Å². The molecule has 0 atom stereocenters. The standard InChI is InChI=1S/C12H16N6O/c1-3-18-7-10(6-14-18)16-12(19)9-4-8(2)15-11(5-9)17-13/h4-7H,3,13H2,1-2H3,(H,15,17)(H,16,19). The van der Waals surface area contributed by atoms with E-state index < -0.39 is 0 Å². The predicted octanol–water partition coefficient (Wildman–Crippen LogP) is 1.14. The molecule has 0 aliphatic carbocycles. The fourth-order valence-corrected chi connectivity index (χ4v) is 1.68. The van der Waals surface area contributed by atoms with Crippen molar-refractivity contribution in [3.63, 3.8) is 0 Å². The summed E-state index contributed by atoms with van der Waals surface area (Å²) in [6, 6.07) is 3.28. The largest absolute Gasteiger partial charge is 0.319 e. The van der Waals surface area contributed by atoms with E-state index in [1.807, 2.05) is 6.92 Å². The van der Waals surface area contributed by atoms with Crippen LogP contribution in [0.1, 0.15) is 23.0 Å². The molecule has 0 fully saturated rings. The van der Waals surface area contributed by atoms with Gasteiger partial charge in [-0.05, 0) is 26.0 Å². The third-order valence-corrected chi connectivity index (χ3v) is 2.58. The van der Waals surface area contributed by atoms with Crippen LogP contribution in [-0.2, 0) is 6.54 Å². The topological polar surface area (TPSA) is 97.9 Å². The van der Waals surface area contributed by atoms with Crippen LogP contribution in [-0.4, -0.2) is 20.7 Å². The molecule has 100 valence electrons. The van der Waals surface area contributed by atoms with Crippen molar-refractivity contribution in [2.75, 3.05) is 10.7 Å². The van der Waals surface area contributed by atoms with E-state index in [9.17, 15) is 4.79 Å². The molecule has 0 aliphatic heterocycles. The van der Waals surface area contributed by atoms with Gasteiger partial charge in [0.05, 0.1) is 11.9 Å². The van der Waals surface area contributed by atoms with Gasteiger partial charge in [-0.15, -0.1) is 0 Å². The number of nitrogens with two attached hydrogens (primary N) is 1. The van der Waals surface area contributed by atoms with Gasteiger partial charge in [0.1, 0.15) is 5.82 Å². The molecular weight excluding hydrogens is 244 g/mol. The average molecular weight is 260 g/mol. The smallest absolute Gasteiger partial charge is 0.255 e. The summed E-state index contributed by atoms with van der Waals surface area (Å²) in [6.07, 6.45) is 3.38. The van der Waals surface area contributed by atoms with Gasteiger partial charge in [-0.1, -0.05) is 0 Å². The van der Waals surface area contributed by atoms with Gasteiger partial charge in [-0.3, -0.25) is 9.48 Å². The Morgan fingerprint density at radius 1 is 1.47 bits per heavy atom. The number of nitrogens with zero attached hydrogens (tertiary/aromatic N) is 3. The van der Waals surface area contributed by atoms with Gasteiger partial charge in [0.25, 0.3) is 5.91 Å². The highest BCUT2D eigenvalue weighted by molar-refractivity contribution is 6.04. The Kier molecular flexibility index (Phi) is 3.76. The number of pyridine rings is 1. The van der Waals surface area contributed by atoms with Crippen LogP contribution in [0.5, 0.6) is 0 Å². The number of amides is 1. The van der Waals surface area contributed by atoms with Crippen molar-refractivity contribution in [1.29, 1.82) is 0 Å². The molecule has 1 amide bonds. The highest BCUT2D eigenvalue weighted by Gasteiger charge is 2.09. The first-order chi connectivity index (χ1) is 9.12. The van der Waals surface area contributed by atoms with Crippen molar-refractivity contribution in [2.45, 2.75) is 20.4 Å². The third kappa shape index (κ3) is 3.08. The van der Waals surface area contributed by atoms with Crippen molar-refractivity contribution >= 4 is 17.4 Å². The minimum absolute atomic E-state index is 0.224. The van der Waals surface area contributed by atoms with Crippen LogP contribution >= 0.6 is 0 Å². The maximum absolute atomic E-state index is 12.1. The molecule has 0 aliphatic rings. The molecule has 0 bridgehead atoms. The first kappa shape index (κ1) is 13.0. The lowest BCUT2D eigenvalue weighted by Crippen LogP contribution is -2.15. The maximum atomic E-state index is 12.1. The summed E-state index contributed by atoms with van der Waals surface area (Å²) in [6.45, 7) is 4.53. The fourth-order valence-electron chi connectivity index (χ4n) is 1.68. The molecule has 2 heterocycles. The number of hydrazine groups is 1. The summed E-state index contributed by atoms with van der Waals surface area (Å²) in [4.78, 5) is 16.2. The molecule has 7 heteroatoms. The highest BCUT2D eigenvalue weighted by atomic mass is 16.1.